The maximum atomic E-state index is 12.7. The number of carbonyl (C=O) groups excluding carboxylic acids is 1. The molecule has 6 rings (SSSR count). The molecule has 3 aromatic heterocycles. The maximum Gasteiger partial charge on any atom is 0.267 e. The van der Waals surface area contributed by atoms with Gasteiger partial charge in [0.25, 0.3) is 5.91 Å². The molecule has 3 N–H and O–H groups in total. The van der Waals surface area contributed by atoms with Gasteiger partial charge in [0.1, 0.15) is 11.3 Å². The highest BCUT2D eigenvalue weighted by molar-refractivity contribution is 5.97. The van der Waals surface area contributed by atoms with Crippen molar-refractivity contribution < 1.29 is 4.79 Å². The van der Waals surface area contributed by atoms with Crippen molar-refractivity contribution in [3.8, 4) is 0 Å². The Morgan fingerprint density at radius 1 is 1.00 bits per heavy atom. The first kappa shape index (κ1) is 22.7. The van der Waals surface area contributed by atoms with Gasteiger partial charge in [-0.3, -0.25) is 9.69 Å². The summed E-state index contributed by atoms with van der Waals surface area (Å²) in [4.78, 5) is 28.6. The number of piperazine rings is 1. The molecule has 0 radical (unpaired) electrons. The summed E-state index contributed by atoms with van der Waals surface area (Å²) in [6.07, 6.45) is 8.13. The highest BCUT2D eigenvalue weighted by Crippen LogP contribution is 2.29. The van der Waals surface area contributed by atoms with Crippen LogP contribution in [0.15, 0.2) is 54.9 Å². The Labute approximate surface area is 205 Å². The molecule has 4 aromatic rings. The SMILES string of the molecule is Cl.O=C(NC1CCC(N2CCN(c3cccc4[nH]ccc34)CC2)CC1)c1cc2cccnc2[nH]1. The van der Waals surface area contributed by atoms with Crippen LogP contribution in [-0.2, 0) is 0 Å². The molecule has 0 spiro atoms. The van der Waals surface area contributed by atoms with Crippen LogP contribution < -0.4 is 10.2 Å². The Morgan fingerprint density at radius 3 is 2.62 bits per heavy atom. The van der Waals surface area contributed by atoms with E-state index in [4.69, 9.17) is 0 Å². The number of pyridine rings is 1. The number of H-pyrrole nitrogens is 2. The first-order valence-electron chi connectivity index (χ1n) is 12.0. The minimum Gasteiger partial charge on any atom is -0.368 e. The summed E-state index contributed by atoms with van der Waals surface area (Å²) in [5.41, 5.74) is 3.91. The fourth-order valence-electron chi connectivity index (χ4n) is 5.60. The first-order valence-corrected chi connectivity index (χ1v) is 12.0. The van der Waals surface area contributed by atoms with Crippen LogP contribution >= 0.6 is 12.4 Å². The van der Waals surface area contributed by atoms with E-state index in [9.17, 15) is 4.79 Å². The molecule has 0 unspecified atom stereocenters. The van der Waals surface area contributed by atoms with E-state index in [0.29, 0.717) is 11.7 Å². The quantitative estimate of drug-likeness (QED) is 0.408. The number of nitrogens with one attached hydrogen (secondary N) is 3. The maximum absolute atomic E-state index is 12.7. The van der Waals surface area contributed by atoms with Crippen molar-refractivity contribution in [2.24, 2.45) is 0 Å². The molecule has 8 heteroatoms. The number of nitrogens with zero attached hydrogens (tertiary/aromatic N) is 3. The van der Waals surface area contributed by atoms with Crippen LogP contribution in [0.5, 0.6) is 0 Å². The topological polar surface area (TPSA) is 80.1 Å². The Kier molecular flexibility index (Phi) is 6.48. The predicted molar refractivity (Wildman–Crippen MR) is 139 cm³/mol. The molecule has 7 nitrogen and oxygen atoms in total. The summed E-state index contributed by atoms with van der Waals surface area (Å²) in [6, 6.07) is 15.3. The molecule has 34 heavy (non-hydrogen) atoms. The molecule has 1 aromatic carbocycles. The molecule has 1 amide bonds. The Bertz CT molecular complexity index is 1230. The molecule has 1 saturated heterocycles. The van der Waals surface area contributed by atoms with E-state index in [1.807, 2.05) is 24.4 Å². The fraction of sp³-hybridized carbons (Fsp3) is 0.385. The van der Waals surface area contributed by atoms with E-state index >= 15 is 0 Å². The molecule has 1 aliphatic carbocycles. The standard InChI is InChI=1S/C26H30N6O.ClH/c33-26(23-17-18-3-2-11-28-25(18)30-23)29-19-6-8-20(9-7-19)31-13-15-32(16-14-31)24-5-1-4-22-21(24)10-12-27-22;/h1-5,10-12,17,19-20,27H,6-9,13-16H2,(H,28,30)(H,29,33);1H. The smallest absolute Gasteiger partial charge is 0.267 e. The van der Waals surface area contributed by atoms with E-state index in [1.54, 1.807) is 6.20 Å². The number of rotatable bonds is 4. The van der Waals surface area contributed by atoms with Crippen molar-refractivity contribution in [2.75, 3.05) is 31.1 Å². The molecule has 0 bridgehead atoms. The molecule has 178 valence electrons. The van der Waals surface area contributed by atoms with Crippen molar-refractivity contribution in [2.45, 2.75) is 37.8 Å². The van der Waals surface area contributed by atoms with E-state index in [2.05, 4.69) is 54.3 Å². The van der Waals surface area contributed by atoms with E-state index < -0.39 is 0 Å². The second-order valence-corrected chi connectivity index (χ2v) is 9.34. The van der Waals surface area contributed by atoms with Crippen molar-refractivity contribution in [3.05, 3.63) is 60.6 Å². The zero-order valence-electron chi connectivity index (χ0n) is 19.2. The second kappa shape index (κ2) is 9.68. The van der Waals surface area contributed by atoms with E-state index in [0.717, 1.165) is 62.9 Å². The first-order chi connectivity index (χ1) is 16.2. The van der Waals surface area contributed by atoms with E-state index in [1.165, 1.54) is 16.6 Å². The van der Waals surface area contributed by atoms with Gasteiger partial charge in [0.15, 0.2) is 0 Å². The Hall–Kier alpha value is -3.03. The van der Waals surface area contributed by atoms with Crippen molar-refractivity contribution in [1.29, 1.82) is 0 Å². The summed E-state index contributed by atoms with van der Waals surface area (Å²) in [7, 11) is 0. The van der Waals surface area contributed by atoms with Gasteiger partial charge in [-0.1, -0.05) is 6.07 Å². The monoisotopic (exact) mass is 478 g/mol. The summed E-state index contributed by atoms with van der Waals surface area (Å²) < 4.78 is 0. The van der Waals surface area contributed by atoms with Crippen LogP contribution in [0.25, 0.3) is 21.9 Å². The number of hydrogen-bond donors (Lipinski definition) is 3. The largest absolute Gasteiger partial charge is 0.368 e. The lowest BCUT2D eigenvalue weighted by atomic mass is 9.89. The van der Waals surface area contributed by atoms with Crippen LogP contribution in [0.3, 0.4) is 0 Å². The second-order valence-electron chi connectivity index (χ2n) is 9.34. The Balaban J connectivity index is 0.00000241. The lowest BCUT2D eigenvalue weighted by molar-refractivity contribution is 0.0895. The lowest BCUT2D eigenvalue weighted by Gasteiger charge is -2.42. The Morgan fingerprint density at radius 2 is 1.82 bits per heavy atom. The van der Waals surface area contributed by atoms with Gasteiger partial charge in [-0.15, -0.1) is 12.4 Å². The summed E-state index contributed by atoms with van der Waals surface area (Å²) in [5.74, 6) is -0.0241. The minimum atomic E-state index is -0.0241. The normalized spacial score (nSPS) is 21.5. The lowest BCUT2D eigenvalue weighted by Crippen LogP contribution is -2.52. The van der Waals surface area contributed by atoms with Gasteiger partial charge >= 0.3 is 0 Å². The highest BCUT2D eigenvalue weighted by atomic mass is 35.5. The van der Waals surface area contributed by atoms with Crippen LogP contribution in [0.2, 0.25) is 0 Å². The number of carbonyl (C=O) groups is 1. The van der Waals surface area contributed by atoms with Gasteiger partial charge in [-0.25, -0.2) is 4.98 Å². The number of fused-ring (bicyclic) bond motifs is 2. The third kappa shape index (κ3) is 4.38. The van der Waals surface area contributed by atoms with Crippen LogP contribution in [0.1, 0.15) is 36.2 Å². The molecule has 1 saturated carbocycles. The number of amides is 1. The number of anilines is 1. The minimum absolute atomic E-state index is 0. The average molecular weight is 479 g/mol. The van der Waals surface area contributed by atoms with Gasteiger partial charge in [0, 0.05) is 72.6 Å². The highest BCUT2D eigenvalue weighted by Gasteiger charge is 2.29. The molecular formula is C26H31ClN6O. The number of benzene rings is 1. The molecule has 4 heterocycles. The van der Waals surface area contributed by atoms with Crippen LogP contribution in [0.4, 0.5) is 5.69 Å². The van der Waals surface area contributed by atoms with Crippen molar-refractivity contribution >= 4 is 45.9 Å². The number of hydrogen-bond acceptors (Lipinski definition) is 4. The zero-order chi connectivity index (χ0) is 22.2. The molecule has 1 aliphatic heterocycles. The van der Waals surface area contributed by atoms with E-state index in [-0.39, 0.29) is 24.4 Å². The molecule has 2 aliphatic rings. The van der Waals surface area contributed by atoms with Crippen molar-refractivity contribution in [3.63, 3.8) is 0 Å². The summed E-state index contributed by atoms with van der Waals surface area (Å²) >= 11 is 0. The third-order valence-electron chi connectivity index (χ3n) is 7.41. The molecule has 0 atom stereocenters. The number of aromatic nitrogens is 3. The van der Waals surface area contributed by atoms with Gasteiger partial charge in [-0.05, 0) is 62.1 Å². The summed E-state index contributed by atoms with van der Waals surface area (Å²) in [5, 5.41) is 5.52. The van der Waals surface area contributed by atoms with Crippen molar-refractivity contribution in [1.82, 2.24) is 25.2 Å². The zero-order valence-corrected chi connectivity index (χ0v) is 20.0. The summed E-state index contributed by atoms with van der Waals surface area (Å²) in [6.45, 7) is 4.33. The average Bonchev–Trinajstić information content (AvgIpc) is 3.52. The van der Waals surface area contributed by atoms with Crippen LogP contribution in [-0.4, -0.2) is 64.0 Å². The number of halogens is 1. The molecular weight excluding hydrogens is 448 g/mol. The van der Waals surface area contributed by atoms with Gasteiger partial charge in [0.05, 0.1) is 0 Å². The molecule has 2 fully saturated rings. The van der Waals surface area contributed by atoms with Gasteiger partial charge in [-0.2, -0.15) is 0 Å². The fourth-order valence-corrected chi connectivity index (χ4v) is 5.60. The number of aromatic amines is 2. The third-order valence-corrected chi connectivity index (χ3v) is 7.41. The van der Waals surface area contributed by atoms with Gasteiger partial charge < -0.3 is 20.2 Å². The predicted octanol–water partition coefficient (Wildman–Crippen LogP) is 4.33. The van der Waals surface area contributed by atoms with Gasteiger partial charge in [0.2, 0.25) is 0 Å². The van der Waals surface area contributed by atoms with Crippen LogP contribution in [0, 0.1) is 0 Å².